The molecule has 150 valence electrons. The molecule has 0 amide bonds. The predicted molar refractivity (Wildman–Crippen MR) is 106 cm³/mol. The Morgan fingerprint density at radius 3 is 2.29 bits per heavy atom. The molecule has 0 saturated carbocycles. The Morgan fingerprint density at radius 2 is 1.68 bits per heavy atom. The van der Waals surface area contributed by atoms with Gasteiger partial charge < -0.3 is 15.4 Å². The summed E-state index contributed by atoms with van der Waals surface area (Å²) >= 11 is 8.75. The quantitative estimate of drug-likeness (QED) is 0.192. The third kappa shape index (κ3) is 3.74. The van der Waals surface area contributed by atoms with Crippen molar-refractivity contribution in [3.63, 3.8) is 0 Å². The lowest BCUT2D eigenvalue weighted by molar-refractivity contribution is 0.0601. The Balaban J connectivity index is 1.91. The molecule has 0 saturated heterocycles. The van der Waals surface area contributed by atoms with Gasteiger partial charge in [0.25, 0.3) is 0 Å². The Morgan fingerprint density at radius 1 is 1.07 bits per heavy atom. The molecular formula is C17H13BrF4N2O2S2. The fraction of sp³-hybridized carbons (Fsp3) is 0.294. The maximum absolute atomic E-state index is 14.0. The minimum atomic E-state index is -1.63. The second-order valence-corrected chi connectivity index (χ2v) is 8.24. The summed E-state index contributed by atoms with van der Waals surface area (Å²) in [6, 6.07) is 0. The van der Waals surface area contributed by atoms with Gasteiger partial charge >= 0.3 is 5.97 Å². The zero-order valence-electron chi connectivity index (χ0n) is 14.4. The number of nitrogens with one attached hydrogen (secondary N) is 2. The summed E-state index contributed by atoms with van der Waals surface area (Å²) in [5.74, 6) is -7.01. The summed E-state index contributed by atoms with van der Waals surface area (Å²) in [6.07, 6.45) is 3.39. The lowest BCUT2D eigenvalue weighted by Gasteiger charge is -2.14. The van der Waals surface area contributed by atoms with E-state index in [1.807, 2.05) is 0 Å². The molecule has 28 heavy (non-hydrogen) atoms. The summed E-state index contributed by atoms with van der Waals surface area (Å²) in [5.41, 5.74) is 0.0867. The summed E-state index contributed by atoms with van der Waals surface area (Å²) < 4.78 is 59.3. The third-order valence-corrected chi connectivity index (χ3v) is 6.34. The number of anilines is 2. The van der Waals surface area contributed by atoms with Crippen LogP contribution >= 0.6 is 39.5 Å². The number of carbonyl (C=O) groups is 1. The molecule has 1 aliphatic rings. The van der Waals surface area contributed by atoms with Crippen LogP contribution in [-0.4, -0.2) is 18.2 Å². The van der Waals surface area contributed by atoms with Gasteiger partial charge in [0, 0.05) is 4.88 Å². The van der Waals surface area contributed by atoms with Crippen LogP contribution in [0.25, 0.3) is 0 Å². The van der Waals surface area contributed by atoms with Crippen LogP contribution in [-0.2, 0) is 17.6 Å². The molecule has 2 aromatic rings. The Kier molecular flexibility index (Phi) is 6.25. The SMILES string of the molecule is COC(=O)c1c(NC(=S)Nc2c(F)c(F)c(Br)c(F)c2F)sc2c1CCCC2. The van der Waals surface area contributed by atoms with Crippen molar-refractivity contribution in [2.24, 2.45) is 0 Å². The molecule has 0 fully saturated rings. The molecule has 2 N–H and O–H groups in total. The third-order valence-electron chi connectivity index (χ3n) is 4.24. The molecule has 1 aliphatic carbocycles. The topological polar surface area (TPSA) is 50.4 Å². The van der Waals surface area contributed by atoms with Gasteiger partial charge in [0.05, 0.1) is 17.1 Å². The number of esters is 1. The molecule has 0 atom stereocenters. The molecule has 1 heterocycles. The second-order valence-electron chi connectivity index (χ2n) is 5.93. The number of carbonyl (C=O) groups excluding carboxylic acids is 1. The Bertz CT molecular complexity index is 952. The van der Waals surface area contributed by atoms with E-state index in [0.717, 1.165) is 29.7 Å². The highest BCUT2D eigenvalue weighted by Gasteiger charge is 2.28. The molecule has 0 radical (unpaired) electrons. The van der Waals surface area contributed by atoms with E-state index in [9.17, 15) is 22.4 Å². The molecule has 0 spiro atoms. The van der Waals surface area contributed by atoms with Gasteiger partial charge in [-0.1, -0.05) is 0 Å². The number of hydrogen-bond acceptors (Lipinski definition) is 4. The number of hydrogen-bond donors (Lipinski definition) is 2. The van der Waals surface area contributed by atoms with Crippen LogP contribution in [0.3, 0.4) is 0 Å². The van der Waals surface area contributed by atoms with Crippen molar-refractivity contribution in [3.8, 4) is 0 Å². The number of aryl methyl sites for hydroxylation is 1. The maximum atomic E-state index is 14.0. The molecule has 1 aromatic carbocycles. The average molecular weight is 497 g/mol. The average Bonchev–Trinajstić information content (AvgIpc) is 3.05. The zero-order valence-corrected chi connectivity index (χ0v) is 17.6. The summed E-state index contributed by atoms with van der Waals surface area (Å²) in [7, 11) is 1.24. The zero-order chi connectivity index (χ0) is 20.6. The van der Waals surface area contributed by atoms with E-state index in [1.165, 1.54) is 18.4 Å². The van der Waals surface area contributed by atoms with E-state index in [0.29, 0.717) is 17.0 Å². The van der Waals surface area contributed by atoms with Gasteiger partial charge in [-0.3, -0.25) is 0 Å². The first-order chi connectivity index (χ1) is 13.3. The van der Waals surface area contributed by atoms with Crippen LogP contribution in [0.2, 0.25) is 0 Å². The van der Waals surface area contributed by atoms with Gasteiger partial charge in [0.1, 0.15) is 10.7 Å². The highest BCUT2D eigenvalue weighted by molar-refractivity contribution is 9.10. The van der Waals surface area contributed by atoms with Crippen LogP contribution in [0.4, 0.5) is 28.3 Å². The smallest absolute Gasteiger partial charge is 0.341 e. The fourth-order valence-corrected chi connectivity index (χ4v) is 4.83. The number of thiophene rings is 1. The van der Waals surface area contributed by atoms with Gasteiger partial charge in [-0.15, -0.1) is 11.3 Å². The van der Waals surface area contributed by atoms with Crippen LogP contribution in [0.15, 0.2) is 4.47 Å². The van der Waals surface area contributed by atoms with Crippen LogP contribution in [0.1, 0.15) is 33.6 Å². The van der Waals surface area contributed by atoms with Gasteiger partial charge in [-0.2, -0.15) is 0 Å². The van der Waals surface area contributed by atoms with Gasteiger partial charge in [-0.05, 0) is 59.4 Å². The maximum Gasteiger partial charge on any atom is 0.341 e. The summed E-state index contributed by atoms with van der Waals surface area (Å²) in [5, 5.41) is 4.82. The van der Waals surface area contributed by atoms with Crippen LogP contribution < -0.4 is 10.6 Å². The van der Waals surface area contributed by atoms with Crippen molar-refractivity contribution in [1.29, 1.82) is 0 Å². The standard InChI is InChI=1S/C17H13BrF4N2O2S2/c1-26-16(25)8-6-4-2-3-5-7(6)28-15(8)24-17(27)23-14-12(21)10(19)9(18)11(20)13(14)22/h2-5H2,1H3,(H2,23,24,27). The van der Waals surface area contributed by atoms with E-state index in [-0.39, 0.29) is 5.11 Å². The van der Waals surface area contributed by atoms with Crippen molar-refractivity contribution >= 4 is 61.3 Å². The first-order valence-corrected chi connectivity index (χ1v) is 10.1. The highest BCUT2D eigenvalue weighted by Crippen LogP contribution is 2.39. The molecular weight excluding hydrogens is 484 g/mol. The summed E-state index contributed by atoms with van der Waals surface area (Å²) in [6.45, 7) is 0. The fourth-order valence-electron chi connectivity index (χ4n) is 2.93. The van der Waals surface area contributed by atoms with E-state index in [2.05, 4.69) is 26.6 Å². The second kappa shape index (κ2) is 8.34. The lowest BCUT2D eigenvalue weighted by Crippen LogP contribution is -2.22. The largest absolute Gasteiger partial charge is 0.465 e. The van der Waals surface area contributed by atoms with Crippen molar-refractivity contribution in [2.45, 2.75) is 25.7 Å². The molecule has 1 aromatic heterocycles. The summed E-state index contributed by atoms with van der Waals surface area (Å²) in [4.78, 5) is 13.2. The predicted octanol–water partition coefficient (Wildman–Crippen LogP) is 5.54. The van der Waals surface area contributed by atoms with Crippen molar-refractivity contribution < 1.29 is 27.1 Å². The van der Waals surface area contributed by atoms with Crippen molar-refractivity contribution in [2.75, 3.05) is 17.7 Å². The molecule has 4 nitrogen and oxygen atoms in total. The number of thiocarbonyl (C=S) groups is 1. The number of ether oxygens (including phenoxy) is 1. The number of rotatable bonds is 3. The van der Waals surface area contributed by atoms with E-state index < -0.39 is 39.4 Å². The number of halogens is 5. The molecule has 0 unspecified atom stereocenters. The van der Waals surface area contributed by atoms with Crippen LogP contribution in [0.5, 0.6) is 0 Å². The minimum Gasteiger partial charge on any atom is -0.465 e. The first-order valence-electron chi connectivity index (χ1n) is 8.08. The minimum absolute atomic E-state index is 0.306. The Hall–Kier alpha value is -1.72. The molecule has 11 heteroatoms. The lowest BCUT2D eigenvalue weighted by atomic mass is 9.95. The molecule has 0 bridgehead atoms. The highest BCUT2D eigenvalue weighted by atomic mass is 79.9. The number of benzene rings is 1. The van der Waals surface area contributed by atoms with Crippen molar-refractivity contribution in [3.05, 3.63) is 43.7 Å². The first kappa shape index (κ1) is 21.0. The van der Waals surface area contributed by atoms with E-state index in [4.69, 9.17) is 17.0 Å². The van der Waals surface area contributed by atoms with Gasteiger partial charge in [0.2, 0.25) is 0 Å². The van der Waals surface area contributed by atoms with Crippen molar-refractivity contribution in [1.82, 2.24) is 0 Å². The van der Waals surface area contributed by atoms with E-state index in [1.54, 1.807) is 0 Å². The van der Waals surface area contributed by atoms with Crippen LogP contribution in [0, 0.1) is 23.3 Å². The molecule has 0 aliphatic heterocycles. The van der Waals surface area contributed by atoms with E-state index >= 15 is 0 Å². The normalized spacial score (nSPS) is 13.1. The van der Waals surface area contributed by atoms with Gasteiger partial charge in [0.15, 0.2) is 28.4 Å². The van der Waals surface area contributed by atoms with Gasteiger partial charge in [-0.25, -0.2) is 22.4 Å². The monoisotopic (exact) mass is 496 g/mol. The molecule has 3 rings (SSSR count). The Labute approximate surface area is 175 Å². The number of methoxy groups -OCH3 is 1. The number of fused-ring (bicyclic) bond motifs is 1.